The third-order valence-electron chi connectivity index (χ3n) is 4.64. The Bertz CT molecular complexity index is 1130. The number of nitrogens with zero attached hydrogens (tertiary/aromatic N) is 3. The fraction of sp³-hybridized carbons (Fsp3) is 0.143. The third-order valence-corrected chi connectivity index (χ3v) is 5.86. The van der Waals surface area contributed by atoms with Gasteiger partial charge >= 0.3 is 0 Å². The van der Waals surface area contributed by atoms with Crippen LogP contribution in [0.25, 0.3) is 10.6 Å². The molecule has 7 heteroatoms. The fourth-order valence-electron chi connectivity index (χ4n) is 3.20. The van der Waals surface area contributed by atoms with E-state index >= 15 is 0 Å². The molecule has 4 rings (SSSR count). The lowest BCUT2D eigenvalue weighted by Crippen LogP contribution is -2.21. The maximum atomic E-state index is 9.71. The summed E-state index contributed by atoms with van der Waals surface area (Å²) >= 11 is 7.81. The molecule has 5 nitrogen and oxygen atoms in total. The van der Waals surface area contributed by atoms with Gasteiger partial charge in [-0.15, -0.1) is 11.3 Å². The van der Waals surface area contributed by atoms with Crippen LogP contribution in [-0.2, 0) is 0 Å². The lowest BCUT2D eigenvalue weighted by molar-refractivity contribution is 0.393. The maximum absolute atomic E-state index is 9.71. The number of halogens is 1. The summed E-state index contributed by atoms with van der Waals surface area (Å²) in [6.07, 6.45) is 0. The second kappa shape index (κ2) is 7.19. The smallest absolute Gasteiger partial charge is 0.205 e. The number of nitriles is 1. The Hall–Kier alpha value is -3.01. The van der Waals surface area contributed by atoms with Crippen molar-refractivity contribution in [2.24, 2.45) is 5.73 Å². The average molecular weight is 409 g/mol. The normalized spacial score (nSPS) is 15.6. The van der Waals surface area contributed by atoms with Crippen molar-refractivity contribution in [1.82, 2.24) is 4.98 Å². The highest BCUT2D eigenvalue weighted by Gasteiger charge is 2.32. The molecule has 1 aromatic heterocycles. The Balaban J connectivity index is 1.83. The van der Waals surface area contributed by atoms with E-state index in [1.54, 1.807) is 0 Å². The minimum Gasteiger partial charge on any atom is -0.440 e. The molecule has 3 aromatic rings. The molecule has 2 N–H and O–H groups in total. The first-order valence-electron chi connectivity index (χ1n) is 8.58. The van der Waals surface area contributed by atoms with E-state index in [0.29, 0.717) is 16.3 Å². The molecule has 0 bridgehead atoms. The number of hydrogen-bond donors (Lipinski definition) is 1. The minimum absolute atomic E-state index is 0.114. The number of allylic oxidation sites excluding steroid dienone is 1. The van der Waals surface area contributed by atoms with Crippen molar-refractivity contribution in [3.05, 3.63) is 75.6 Å². The molecule has 0 fully saturated rings. The van der Waals surface area contributed by atoms with Crippen molar-refractivity contribution in [2.75, 3.05) is 19.0 Å². The van der Waals surface area contributed by atoms with Crippen LogP contribution in [0.15, 0.2) is 59.3 Å². The number of anilines is 1. The highest BCUT2D eigenvalue weighted by molar-refractivity contribution is 7.13. The molecule has 0 radical (unpaired) electrons. The lowest BCUT2D eigenvalue weighted by Gasteiger charge is -2.26. The molecule has 0 saturated heterocycles. The van der Waals surface area contributed by atoms with Gasteiger partial charge in [-0.3, -0.25) is 0 Å². The molecule has 1 atom stereocenters. The van der Waals surface area contributed by atoms with E-state index in [1.165, 1.54) is 11.3 Å². The van der Waals surface area contributed by atoms with Gasteiger partial charge in [-0.1, -0.05) is 35.9 Å². The van der Waals surface area contributed by atoms with Crippen LogP contribution < -0.4 is 15.4 Å². The second-order valence-corrected chi connectivity index (χ2v) is 7.86. The van der Waals surface area contributed by atoms with Gasteiger partial charge in [-0.25, -0.2) is 4.98 Å². The molecule has 0 saturated carbocycles. The number of aromatic nitrogens is 1. The van der Waals surface area contributed by atoms with Crippen molar-refractivity contribution < 1.29 is 4.74 Å². The van der Waals surface area contributed by atoms with Gasteiger partial charge in [0.05, 0.1) is 16.6 Å². The molecule has 2 aromatic carbocycles. The maximum Gasteiger partial charge on any atom is 0.205 e. The molecule has 0 aliphatic carbocycles. The standard InChI is InChI=1S/C21H17ClN4OS/c1-26(2)12-7-8-14-18(9-12)27-20(24)15(10-23)19(14)17-11-28-21(25-17)13-5-3-4-6-16(13)22/h3-9,11,19H,24H2,1-2H3. The number of fused-ring (bicyclic) bond motifs is 1. The van der Waals surface area contributed by atoms with Crippen LogP contribution in [0.1, 0.15) is 17.2 Å². The van der Waals surface area contributed by atoms with Crippen LogP contribution in [0.2, 0.25) is 5.02 Å². The number of ether oxygens (including phenoxy) is 1. The molecule has 0 amide bonds. The highest BCUT2D eigenvalue weighted by Crippen LogP contribution is 2.44. The zero-order valence-corrected chi connectivity index (χ0v) is 16.9. The average Bonchev–Trinajstić information content (AvgIpc) is 3.16. The van der Waals surface area contributed by atoms with E-state index in [-0.39, 0.29) is 11.8 Å². The predicted molar refractivity (Wildman–Crippen MR) is 113 cm³/mol. The summed E-state index contributed by atoms with van der Waals surface area (Å²) in [5.41, 5.74) is 9.91. The fourth-order valence-corrected chi connectivity index (χ4v) is 4.37. The van der Waals surface area contributed by atoms with Crippen molar-refractivity contribution in [3.8, 4) is 22.4 Å². The summed E-state index contributed by atoms with van der Waals surface area (Å²) in [6.45, 7) is 0. The number of hydrogen-bond acceptors (Lipinski definition) is 6. The first-order valence-corrected chi connectivity index (χ1v) is 9.84. The summed E-state index contributed by atoms with van der Waals surface area (Å²) in [4.78, 5) is 6.76. The van der Waals surface area contributed by atoms with Crippen LogP contribution >= 0.6 is 22.9 Å². The van der Waals surface area contributed by atoms with Crippen LogP contribution in [0.5, 0.6) is 5.75 Å². The van der Waals surface area contributed by atoms with Gasteiger partial charge in [0, 0.05) is 42.4 Å². The topological polar surface area (TPSA) is 75.2 Å². The lowest BCUT2D eigenvalue weighted by atomic mass is 9.87. The molecule has 0 spiro atoms. The summed E-state index contributed by atoms with van der Waals surface area (Å²) in [5.74, 6) is 0.376. The number of nitrogens with two attached hydrogens (primary N) is 1. The second-order valence-electron chi connectivity index (χ2n) is 6.60. The summed E-state index contributed by atoms with van der Waals surface area (Å²) in [6, 6.07) is 15.7. The van der Waals surface area contributed by atoms with Crippen LogP contribution in [0.3, 0.4) is 0 Å². The van der Waals surface area contributed by atoms with Gasteiger partial charge in [-0.2, -0.15) is 5.26 Å². The van der Waals surface area contributed by atoms with Crippen molar-refractivity contribution in [1.29, 1.82) is 5.26 Å². The molecule has 28 heavy (non-hydrogen) atoms. The molecule has 1 aliphatic rings. The monoisotopic (exact) mass is 408 g/mol. The first kappa shape index (κ1) is 18.4. The summed E-state index contributed by atoms with van der Waals surface area (Å²) in [7, 11) is 3.91. The molecule has 1 aliphatic heterocycles. The Labute approximate surface area is 172 Å². The van der Waals surface area contributed by atoms with E-state index in [1.807, 2.05) is 66.8 Å². The summed E-state index contributed by atoms with van der Waals surface area (Å²) in [5, 5.41) is 13.1. The Kier molecular flexibility index (Phi) is 4.71. The van der Waals surface area contributed by atoms with Gasteiger partial charge in [0.15, 0.2) is 0 Å². The number of rotatable bonds is 3. The van der Waals surface area contributed by atoms with Gasteiger partial charge in [0.2, 0.25) is 5.88 Å². The quantitative estimate of drug-likeness (QED) is 0.676. The van der Waals surface area contributed by atoms with Crippen LogP contribution in [0.4, 0.5) is 5.69 Å². The zero-order chi connectivity index (χ0) is 19.8. The molecule has 1 unspecified atom stereocenters. The number of benzene rings is 2. The molecule has 140 valence electrons. The van der Waals surface area contributed by atoms with Crippen molar-refractivity contribution in [2.45, 2.75) is 5.92 Å². The number of thiazole rings is 1. The zero-order valence-electron chi connectivity index (χ0n) is 15.3. The molecule has 2 heterocycles. The van der Waals surface area contributed by atoms with Gasteiger partial charge < -0.3 is 15.4 Å². The van der Waals surface area contributed by atoms with Crippen molar-refractivity contribution >= 4 is 28.6 Å². The van der Waals surface area contributed by atoms with E-state index in [2.05, 4.69) is 6.07 Å². The highest BCUT2D eigenvalue weighted by atomic mass is 35.5. The van der Waals surface area contributed by atoms with Crippen LogP contribution in [-0.4, -0.2) is 19.1 Å². The van der Waals surface area contributed by atoms with Crippen molar-refractivity contribution in [3.63, 3.8) is 0 Å². The third kappa shape index (κ3) is 3.09. The predicted octanol–water partition coefficient (Wildman–Crippen LogP) is 4.75. The van der Waals surface area contributed by atoms with Crippen LogP contribution in [0, 0.1) is 11.3 Å². The summed E-state index contributed by atoms with van der Waals surface area (Å²) < 4.78 is 5.75. The molecular formula is C21H17ClN4OS. The van der Waals surface area contributed by atoms with Gasteiger partial charge in [-0.05, 0) is 12.1 Å². The molecular weight excluding hydrogens is 392 g/mol. The Morgan fingerprint density at radius 1 is 1.25 bits per heavy atom. The Morgan fingerprint density at radius 2 is 2.04 bits per heavy atom. The largest absolute Gasteiger partial charge is 0.440 e. The SMILES string of the molecule is CN(C)c1ccc2c(c1)OC(N)=C(C#N)C2c1csc(-c2ccccc2Cl)n1. The van der Waals surface area contributed by atoms with E-state index in [4.69, 9.17) is 27.1 Å². The first-order chi connectivity index (χ1) is 13.5. The Morgan fingerprint density at radius 3 is 2.75 bits per heavy atom. The minimum atomic E-state index is -0.377. The van der Waals surface area contributed by atoms with E-state index in [0.717, 1.165) is 27.5 Å². The van der Waals surface area contributed by atoms with Gasteiger partial charge in [0.25, 0.3) is 0 Å². The van der Waals surface area contributed by atoms with E-state index in [9.17, 15) is 5.26 Å². The van der Waals surface area contributed by atoms with Gasteiger partial charge in [0.1, 0.15) is 22.4 Å². The van der Waals surface area contributed by atoms with E-state index < -0.39 is 0 Å².